The van der Waals surface area contributed by atoms with Gasteiger partial charge in [-0.3, -0.25) is 9.59 Å². The van der Waals surface area contributed by atoms with Gasteiger partial charge in [-0.15, -0.1) is 0 Å². The van der Waals surface area contributed by atoms with E-state index in [9.17, 15) is 9.59 Å². The molecule has 0 aromatic carbocycles. The van der Waals surface area contributed by atoms with Crippen molar-refractivity contribution in [3.63, 3.8) is 0 Å². The van der Waals surface area contributed by atoms with Gasteiger partial charge in [0.05, 0.1) is 0 Å². The Bertz CT molecular complexity index is 465. The summed E-state index contributed by atoms with van der Waals surface area (Å²) < 4.78 is 0. The Balaban J connectivity index is 1.33. The van der Waals surface area contributed by atoms with E-state index in [1.165, 1.54) is 25.7 Å². The predicted octanol–water partition coefficient (Wildman–Crippen LogP) is 1.24. The summed E-state index contributed by atoms with van der Waals surface area (Å²) in [5.41, 5.74) is 0. The number of rotatable bonds is 1. The van der Waals surface area contributed by atoms with Gasteiger partial charge in [-0.25, -0.2) is 0 Å². The molecule has 1 aliphatic carbocycles. The lowest BCUT2D eigenvalue weighted by Crippen LogP contribution is -2.51. The molecule has 2 bridgehead atoms. The van der Waals surface area contributed by atoms with E-state index in [0.29, 0.717) is 18.5 Å². The summed E-state index contributed by atoms with van der Waals surface area (Å²) in [6.07, 6.45) is 8.69. The Kier molecular flexibility index (Phi) is 4.31. The van der Waals surface area contributed by atoms with E-state index in [-0.39, 0.29) is 11.8 Å². The van der Waals surface area contributed by atoms with E-state index in [1.54, 1.807) is 4.90 Å². The standard InChI is InChI=1S/C18H29N3O2/c22-17(18(23)21-11-13-9-16(12-21)19-10-13)20-7-2-5-15(6-8-20)14-3-1-4-14/h13-16,19H,1-12H2. The first kappa shape index (κ1) is 15.4. The number of nitrogens with one attached hydrogen (secondary N) is 1. The van der Waals surface area contributed by atoms with Crippen molar-refractivity contribution in [3.05, 3.63) is 0 Å². The molecule has 0 aromatic rings. The maximum absolute atomic E-state index is 12.7. The predicted molar refractivity (Wildman–Crippen MR) is 87.7 cm³/mol. The van der Waals surface area contributed by atoms with Gasteiger partial charge in [-0.1, -0.05) is 19.3 Å². The molecule has 0 aromatic heterocycles. The van der Waals surface area contributed by atoms with E-state index < -0.39 is 0 Å². The van der Waals surface area contributed by atoms with Gasteiger partial charge in [0.15, 0.2) is 0 Å². The highest BCUT2D eigenvalue weighted by molar-refractivity contribution is 6.34. The van der Waals surface area contributed by atoms with Crippen molar-refractivity contribution >= 4 is 11.8 Å². The molecule has 3 saturated heterocycles. The third kappa shape index (κ3) is 3.12. The van der Waals surface area contributed by atoms with Gasteiger partial charge < -0.3 is 15.1 Å². The number of hydrogen-bond acceptors (Lipinski definition) is 3. The first-order valence-corrected chi connectivity index (χ1v) is 9.52. The van der Waals surface area contributed by atoms with Gasteiger partial charge in [-0.05, 0) is 43.4 Å². The Morgan fingerprint density at radius 3 is 2.30 bits per heavy atom. The quantitative estimate of drug-likeness (QED) is 0.740. The van der Waals surface area contributed by atoms with Crippen LogP contribution in [0, 0.1) is 17.8 Å². The molecule has 4 fully saturated rings. The van der Waals surface area contributed by atoms with Crippen molar-refractivity contribution in [3.8, 4) is 0 Å². The van der Waals surface area contributed by atoms with Crippen molar-refractivity contribution in [2.45, 2.75) is 51.0 Å². The zero-order valence-corrected chi connectivity index (χ0v) is 14.0. The van der Waals surface area contributed by atoms with Gasteiger partial charge in [0.2, 0.25) is 0 Å². The summed E-state index contributed by atoms with van der Waals surface area (Å²) in [7, 11) is 0. The van der Waals surface area contributed by atoms with Crippen LogP contribution in [-0.2, 0) is 9.59 Å². The monoisotopic (exact) mass is 319 g/mol. The second-order valence-corrected chi connectivity index (χ2v) is 8.09. The number of carbonyl (C=O) groups is 2. The second kappa shape index (κ2) is 6.42. The van der Waals surface area contributed by atoms with Crippen LogP contribution in [0.1, 0.15) is 44.9 Å². The Labute approximate surface area is 138 Å². The minimum absolute atomic E-state index is 0.249. The highest BCUT2D eigenvalue weighted by Gasteiger charge is 2.38. The van der Waals surface area contributed by atoms with E-state index in [0.717, 1.165) is 57.3 Å². The zero-order valence-electron chi connectivity index (χ0n) is 14.0. The summed E-state index contributed by atoms with van der Waals surface area (Å²) in [4.78, 5) is 28.9. The lowest BCUT2D eigenvalue weighted by molar-refractivity contribution is -0.152. The van der Waals surface area contributed by atoms with Gasteiger partial charge >= 0.3 is 11.8 Å². The summed E-state index contributed by atoms with van der Waals surface area (Å²) in [6.45, 7) is 4.01. The molecule has 1 saturated carbocycles. The number of likely N-dealkylation sites (tertiary alicyclic amines) is 2. The molecule has 5 nitrogen and oxygen atoms in total. The molecule has 4 rings (SSSR count). The number of piperidine rings is 1. The van der Waals surface area contributed by atoms with Gasteiger partial charge in [-0.2, -0.15) is 0 Å². The van der Waals surface area contributed by atoms with Gasteiger partial charge in [0.25, 0.3) is 0 Å². The number of amides is 2. The van der Waals surface area contributed by atoms with Crippen LogP contribution in [0.25, 0.3) is 0 Å². The summed E-state index contributed by atoms with van der Waals surface area (Å²) in [5, 5.41) is 3.44. The largest absolute Gasteiger partial charge is 0.334 e. The molecule has 5 heteroatoms. The number of hydrogen-bond donors (Lipinski definition) is 1. The van der Waals surface area contributed by atoms with Gasteiger partial charge in [0.1, 0.15) is 0 Å². The maximum Gasteiger partial charge on any atom is 0.312 e. The Hall–Kier alpha value is -1.10. The fourth-order valence-corrected chi connectivity index (χ4v) is 4.98. The number of fused-ring (bicyclic) bond motifs is 2. The van der Waals surface area contributed by atoms with E-state index in [1.807, 2.05) is 4.90 Å². The van der Waals surface area contributed by atoms with Crippen LogP contribution in [0.4, 0.5) is 0 Å². The average molecular weight is 319 g/mol. The zero-order chi connectivity index (χ0) is 15.8. The number of carbonyl (C=O) groups excluding carboxylic acids is 2. The second-order valence-electron chi connectivity index (χ2n) is 8.09. The lowest BCUT2D eigenvalue weighted by atomic mass is 9.73. The highest BCUT2D eigenvalue weighted by atomic mass is 16.2. The van der Waals surface area contributed by atoms with Gasteiger partial charge in [0, 0.05) is 38.8 Å². The third-order valence-electron chi connectivity index (χ3n) is 6.58. The van der Waals surface area contributed by atoms with Crippen molar-refractivity contribution in [1.29, 1.82) is 0 Å². The SMILES string of the molecule is O=C(C(=O)N1CC2CNC(C2)C1)N1CCCC(C2CCC2)CC1. The Morgan fingerprint density at radius 2 is 1.57 bits per heavy atom. The average Bonchev–Trinajstić information content (AvgIpc) is 2.72. The molecule has 23 heavy (non-hydrogen) atoms. The van der Waals surface area contributed by atoms with Crippen LogP contribution in [-0.4, -0.2) is 60.4 Å². The molecule has 4 aliphatic rings. The van der Waals surface area contributed by atoms with E-state index >= 15 is 0 Å². The van der Waals surface area contributed by atoms with Crippen molar-refractivity contribution < 1.29 is 9.59 Å². The van der Waals surface area contributed by atoms with Crippen molar-refractivity contribution in [2.24, 2.45) is 17.8 Å². The molecule has 1 N–H and O–H groups in total. The third-order valence-corrected chi connectivity index (χ3v) is 6.58. The highest BCUT2D eigenvalue weighted by Crippen LogP contribution is 2.38. The minimum Gasteiger partial charge on any atom is -0.334 e. The molecule has 3 heterocycles. The molecule has 0 spiro atoms. The van der Waals surface area contributed by atoms with Crippen LogP contribution >= 0.6 is 0 Å². The first-order chi connectivity index (χ1) is 11.2. The van der Waals surface area contributed by atoms with E-state index in [4.69, 9.17) is 0 Å². The minimum atomic E-state index is -0.259. The smallest absolute Gasteiger partial charge is 0.312 e. The molecule has 3 aliphatic heterocycles. The van der Waals surface area contributed by atoms with E-state index in [2.05, 4.69) is 5.32 Å². The summed E-state index contributed by atoms with van der Waals surface area (Å²) >= 11 is 0. The lowest BCUT2D eigenvalue weighted by Gasteiger charge is -2.33. The molecule has 0 radical (unpaired) electrons. The Morgan fingerprint density at radius 1 is 0.826 bits per heavy atom. The topological polar surface area (TPSA) is 52.7 Å². The fraction of sp³-hybridized carbons (Fsp3) is 0.889. The maximum atomic E-state index is 12.7. The molecular formula is C18H29N3O2. The van der Waals surface area contributed by atoms with Crippen LogP contribution in [0.3, 0.4) is 0 Å². The number of nitrogens with zero attached hydrogens (tertiary/aromatic N) is 2. The van der Waals surface area contributed by atoms with Crippen molar-refractivity contribution in [2.75, 3.05) is 32.7 Å². The van der Waals surface area contributed by atoms with Crippen LogP contribution in [0.5, 0.6) is 0 Å². The first-order valence-electron chi connectivity index (χ1n) is 9.52. The normalized spacial score (nSPS) is 34.9. The fourth-order valence-electron chi connectivity index (χ4n) is 4.98. The molecule has 2 amide bonds. The van der Waals surface area contributed by atoms with Crippen molar-refractivity contribution in [1.82, 2.24) is 15.1 Å². The molecule has 3 atom stereocenters. The molecule has 3 unspecified atom stereocenters. The van der Waals surface area contributed by atoms with Crippen LogP contribution in [0.15, 0.2) is 0 Å². The summed E-state index contributed by atoms with van der Waals surface area (Å²) in [5.74, 6) is 1.71. The van der Waals surface area contributed by atoms with Crippen LogP contribution < -0.4 is 5.32 Å². The summed E-state index contributed by atoms with van der Waals surface area (Å²) in [6, 6.07) is 0.401. The molecular weight excluding hydrogens is 290 g/mol. The molecule has 128 valence electrons. The van der Waals surface area contributed by atoms with Crippen LogP contribution in [0.2, 0.25) is 0 Å².